The van der Waals surface area contributed by atoms with Crippen molar-refractivity contribution >= 4 is 22.9 Å². The van der Waals surface area contributed by atoms with Gasteiger partial charge in [-0.05, 0) is 29.8 Å². The normalized spacial score (nSPS) is 13.1. The quantitative estimate of drug-likeness (QED) is 0.329. The van der Waals surface area contributed by atoms with Crippen molar-refractivity contribution in [3.05, 3.63) is 70.2 Å². The summed E-state index contributed by atoms with van der Waals surface area (Å²) in [4.78, 5) is 12.6. The zero-order valence-corrected chi connectivity index (χ0v) is 17.8. The Morgan fingerprint density at radius 2 is 1.88 bits per heavy atom. The topological polar surface area (TPSA) is 96.7 Å². The lowest BCUT2D eigenvalue weighted by Gasteiger charge is -2.20. The van der Waals surface area contributed by atoms with E-state index in [0.29, 0.717) is 16.8 Å². The molecule has 7 nitrogen and oxygen atoms in total. The average molecular weight is 501 g/mol. The Hall–Kier alpha value is -3.68. The summed E-state index contributed by atoms with van der Waals surface area (Å²) in [6.07, 6.45) is -7.38. The molecule has 14 heteroatoms. The van der Waals surface area contributed by atoms with E-state index < -0.39 is 40.9 Å². The number of aromatic nitrogens is 4. The lowest BCUT2D eigenvalue weighted by Crippen LogP contribution is -2.17. The van der Waals surface area contributed by atoms with Crippen molar-refractivity contribution in [2.24, 2.45) is 0 Å². The first-order valence-electron chi connectivity index (χ1n) is 9.45. The van der Waals surface area contributed by atoms with Crippen LogP contribution in [0, 0.1) is 0 Å². The van der Waals surface area contributed by atoms with Gasteiger partial charge in [-0.25, -0.2) is 0 Å². The lowest BCUT2D eigenvalue weighted by molar-refractivity contribution is -0.143. The van der Waals surface area contributed by atoms with Crippen LogP contribution < -0.4 is 5.32 Å². The van der Waals surface area contributed by atoms with Crippen LogP contribution in [0.1, 0.15) is 45.0 Å². The second kappa shape index (κ2) is 8.59. The SMILES string of the molecule is C[C@@H](c1ccc(C(F)(F)F)cc1C(F)(F)F)c1[nH]ncc1NC(=O)c1nnc(-c2ccco2)s1. The van der Waals surface area contributed by atoms with Crippen LogP contribution >= 0.6 is 11.3 Å². The molecule has 1 atom stereocenters. The van der Waals surface area contributed by atoms with Crippen LogP contribution in [0.2, 0.25) is 0 Å². The number of rotatable bonds is 5. The standard InChI is InChI=1S/C20H13F6N5O2S/c1-9(11-5-4-10(19(21,22)23)7-12(11)20(24,25)26)15-13(8-27-29-15)28-16(32)18-31-30-17(34-18)14-3-2-6-33-14/h2-9H,1H3,(H,27,29)(H,28,32)/t9-/m0/s1. The van der Waals surface area contributed by atoms with Crippen LogP contribution in [-0.4, -0.2) is 26.3 Å². The molecule has 4 aromatic rings. The first-order valence-corrected chi connectivity index (χ1v) is 10.3. The number of furan rings is 1. The van der Waals surface area contributed by atoms with Crippen LogP contribution in [0.15, 0.2) is 47.2 Å². The number of anilines is 1. The predicted molar refractivity (Wildman–Crippen MR) is 108 cm³/mol. The number of amides is 1. The minimum Gasteiger partial charge on any atom is -0.462 e. The zero-order chi connectivity index (χ0) is 24.7. The number of aromatic amines is 1. The average Bonchev–Trinajstić information content (AvgIpc) is 3.52. The second-order valence-electron chi connectivity index (χ2n) is 7.06. The Labute approximate surface area is 190 Å². The first-order chi connectivity index (χ1) is 15.9. The molecule has 0 bridgehead atoms. The molecule has 0 aliphatic carbocycles. The summed E-state index contributed by atoms with van der Waals surface area (Å²) in [5.41, 5.74) is -3.17. The summed E-state index contributed by atoms with van der Waals surface area (Å²) in [7, 11) is 0. The third-order valence-electron chi connectivity index (χ3n) is 4.85. The zero-order valence-electron chi connectivity index (χ0n) is 17.0. The Bertz CT molecular complexity index is 1310. The van der Waals surface area contributed by atoms with Gasteiger partial charge in [0.15, 0.2) is 10.8 Å². The fourth-order valence-electron chi connectivity index (χ4n) is 3.23. The van der Waals surface area contributed by atoms with Crippen LogP contribution in [0.3, 0.4) is 0 Å². The molecule has 0 radical (unpaired) electrons. The van der Waals surface area contributed by atoms with Gasteiger partial charge in [0.25, 0.3) is 5.91 Å². The van der Waals surface area contributed by atoms with Gasteiger partial charge in [-0.2, -0.15) is 31.4 Å². The van der Waals surface area contributed by atoms with Crippen LogP contribution in [-0.2, 0) is 12.4 Å². The van der Waals surface area contributed by atoms with Gasteiger partial charge < -0.3 is 9.73 Å². The largest absolute Gasteiger partial charge is 0.462 e. The van der Waals surface area contributed by atoms with E-state index in [1.807, 2.05) is 0 Å². The number of nitrogens with one attached hydrogen (secondary N) is 2. The molecule has 0 saturated heterocycles. The molecule has 3 heterocycles. The Morgan fingerprint density at radius 1 is 1.12 bits per heavy atom. The molecule has 34 heavy (non-hydrogen) atoms. The molecule has 0 unspecified atom stereocenters. The molecule has 1 aromatic carbocycles. The van der Waals surface area contributed by atoms with Gasteiger partial charge in [0.1, 0.15) is 0 Å². The van der Waals surface area contributed by atoms with E-state index in [-0.39, 0.29) is 22.5 Å². The van der Waals surface area contributed by atoms with Gasteiger partial charge in [0.05, 0.1) is 35.0 Å². The lowest BCUT2D eigenvalue weighted by atomic mass is 9.90. The number of hydrogen-bond donors (Lipinski definition) is 2. The number of carbonyl (C=O) groups excluding carboxylic acids is 1. The Kier molecular flexibility index (Phi) is 5.93. The highest BCUT2D eigenvalue weighted by atomic mass is 32.1. The molecule has 0 aliphatic heterocycles. The number of alkyl halides is 6. The summed E-state index contributed by atoms with van der Waals surface area (Å²) in [6, 6.07) is 4.67. The van der Waals surface area contributed by atoms with E-state index in [0.717, 1.165) is 17.4 Å². The third kappa shape index (κ3) is 4.66. The minimum atomic E-state index is -5.04. The van der Waals surface area contributed by atoms with Gasteiger partial charge in [-0.1, -0.05) is 24.3 Å². The molecular weight excluding hydrogens is 488 g/mol. The number of benzene rings is 1. The van der Waals surface area contributed by atoms with E-state index in [4.69, 9.17) is 4.42 Å². The maximum atomic E-state index is 13.6. The summed E-state index contributed by atoms with van der Waals surface area (Å²) >= 11 is 0.927. The van der Waals surface area contributed by atoms with E-state index in [2.05, 4.69) is 25.7 Å². The number of carbonyl (C=O) groups is 1. The summed E-state index contributed by atoms with van der Waals surface area (Å²) < 4.78 is 84.9. The number of halogens is 6. The van der Waals surface area contributed by atoms with Crippen LogP contribution in [0.4, 0.5) is 32.0 Å². The molecule has 0 saturated carbocycles. The van der Waals surface area contributed by atoms with Crippen molar-refractivity contribution in [2.75, 3.05) is 5.32 Å². The van der Waals surface area contributed by atoms with Gasteiger partial charge >= 0.3 is 12.4 Å². The highest BCUT2D eigenvalue weighted by molar-refractivity contribution is 7.16. The first kappa shape index (κ1) is 23.5. The molecule has 0 fully saturated rings. The maximum absolute atomic E-state index is 13.6. The summed E-state index contributed by atoms with van der Waals surface area (Å²) in [5, 5.41) is 16.7. The number of hydrogen-bond acceptors (Lipinski definition) is 6. The Balaban J connectivity index is 1.62. The molecule has 1 amide bonds. The molecule has 2 N–H and O–H groups in total. The van der Waals surface area contributed by atoms with Crippen molar-refractivity contribution in [3.8, 4) is 10.8 Å². The molecule has 0 aliphatic rings. The molecule has 4 rings (SSSR count). The van der Waals surface area contributed by atoms with Gasteiger partial charge in [0.2, 0.25) is 5.01 Å². The van der Waals surface area contributed by atoms with Crippen LogP contribution in [0.25, 0.3) is 10.8 Å². The van der Waals surface area contributed by atoms with Crippen molar-refractivity contribution in [3.63, 3.8) is 0 Å². The van der Waals surface area contributed by atoms with Gasteiger partial charge in [0, 0.05) is 5.92 Å². The summed E-state index contributed by atoms with van der Waals surface area (Å²) in [5.74, 6) is -1.39. The third-order valence-corrected chi connectivity index (χ3v) is 5.79. The minimum absolute atomic E-state index is 0.0419. The highest BCUT2D eigenvalue weighted by Crippen LogP contribution is 2.41. The Morgan fingerprint density at radius 3 is 2.53 bits per heavy atom. The van der Waals surface area contributed by atoms with E-state index in [9.17, 15) is 31.1 Å². The highest BCUT2D eigenvalue weighted by Gasteiger charge is 2.39. The van der Waals surface area contributed by atoms with Crippen molar-refractivity contribution in [1.82, 2.24) is 20.4 Å². The molecule has 178 valence electrons. The van der Waals surface area contributed by atoms with Crippen molar-refractivity contribution in [1.29, 1.82) is 0 Å². The molecular formula is C20H13F6N5O2S. The van der Waals surface area contributed by atoms with Crippen molar-refractivity contribution in [2.45, 2.75) is 25.2 Å². The monoisotopic (exact) mass is 501 g/mol. The van der Waals surface area contributed by atoms with Crippen LogP contribution in [0.5, 0.6) is 0 Å². The van der Waals surface area contributed by atoms with Gasteiger partial charge in [-0.3, -0.25) is 9.89 Å². The number of nitrogens with zero attached hydrogens (tertiary/aromatic N) is 3. The second-order valence-corrected chi connectivity index (χ2v) is 8.04. The van der Waals surface area contributed by atoms with Gasteiger partial charge in [-0.15, -0.1) is 10.2 Å². The van der Waals surface area contributed by atoms with E-state index in [1.165, 1.54) is 19.4 Å². The smallest absolute Gasteiger partial charge is 0.416 e. The fraction of sp³-hybridized carbons (Fsp3) is 0.200. The number of H-pyrrole nitrogens is 1. The maximum Gasteiger partial charge on any atom is 0.416 e. The summed E-state index contributed by atoms with van der Waals surface area (Å²) in [6.45, 7) is 1.35. The van der Waals surface area contributed by atoms with E-state index in [1.54, 1.807) is 12.1 Å². The molecule has 3 aromatic heterocycles. The predicted octanol–water partition coefficient (Wildman–Crippen LogP) is 5.96. The fourth-order valence-corrected chi connectivity index (χ4v) is 3.93. The van der Waals surface area contributed by atoms with Crippen molar-refractivity contribution < 1.29 is 35.6 Å². The molecule has 0 spiro atoms. The van der Waals surface area contributed by atoms with E-state index >= 15 is 0 Å².